The molecule has 0 unspecified atom stereocenters. The molecule has 9 nitrogen and oxygen atoms in total. The molecule has 0 radical (unpaired) electrons. The number of H-pyrrole nitrogens is 1. The van der Waals surface area contributed by atoms with Gasteiger partial charge in [-0.05, 0) is 54.6 Å². The Morgan fingerprint density at radius 2 is 1.88 bits per heavy atom. The quantitative estimate of drug-likeness (QED) is 0.262. The highest BCUT2D eigenvalue weighted by Gasteiger charge is 2.30. The number of hydrogen-bond acceptors (Lipinski definition) is 7. The lowest BCUT2D eigenvalue weighted by atomic mass is 10.0. The van der Waals surface area contributed by atoms with Gasteiger partial charge >= 0.3 is 0 Å². The van der Waals surface area contributed by atoms with Crippen LogP contribution in [-0.4, -0.2) is 36.0 Å². The van der Waals surface area contributed by atoms with E-state index in [0.29, 0.717) is 22.2 Å². The number of pyridine rings is 1. The van der Waals surface area contributed by atoms with Gasteiger partial charge in [0.05, 0.1) is 45.4 Å². The van der Waals surface area contributed by atoms with Gasteiger partial charge in [-0.3, -0.25) is 9.59 Å². The average Bonchev–Trinajstić information content (AvgIpc) is 3.57. The molecule has 6 rings (SSSR count). The Morgan fingerprint density at radius 3 is 2.60 bits per heavy atom. The molecule has 3 heterocycles. The molecule has 3 aromatic carbocycles. The molecule has 0 saturated carbocycles. The third-order valence-electron chi connectivity index (χ3n) is 6.77. The zero-order valence-electron chi connectivity index (χ0n) is 21.7. The number of methoxy groups -OCH3 is 1. The number of rotatable bonds is 7. The lowest BCUT2D eigenvalue weighted by Gasteiger charge is -2.14. The van der Waals surface area contributed by atoms with Crippen LogP contribution in [0.3, 0.4) is 0 Å². The third-order valence-corrected chi connectivity index (χ3v) is 8.91. The summed E-state index contributed by atoms with van der Waals surface area (Å²) in [5.74, 6) is -2.29. The van der Waals surface area contributed by atoms with Gasteiger partial charge in [-0.15, -0.1) is 11.3 Å². The van der Waals surface area contributed by atoms with Crippen LogP contribution in [0.5, 0.6) is 5.75 Å². The minimum absolute atomic E-state index is 0.0345. The largest absolute Gasteiger partial charge is 0.497 e. The first-order valence-electron chi connectivity index (χ1n) is 12.4. The summed E-state index contributed by atoms with van der Waals surface area (Å²) in [6.45, 7) is -0.283. The van der Waals surface area contributed by atoms with Gasteiger partial charge < -0.3 is 14.3 Å². The number of carbonyl (C=O) groups excluding carboxylic acids is 1. The van der Waals surface area contributed by atoms with E-state index < -0.39 is 33.1 Å². The van der Waals surface area contributed by atoms with E-state index in [-0.39, 0.29) is 33.8 Å². The molecule has 42 heavy (non-hydrogen) atoms. The predicted octanol–water partition coefficient (Wildman–Crippen LogP) is 5.06. The van der Waals surface area contributed by atoms with Crippen LogP contribution in [0.2, 0.25) is 0 Å². The molecule has 0 fully saturated rings. The zero-order valence-corrected chi connectivity index (χ0v) is 23.4. The number of halogens is 2. The van der Waals surface area contributed by atoms with Gasteiger partial charge in [-0.2, -0.15) is 0 Å². The van der Waals surface area contributed by atoms with E-state index >= 15 is 0 Å². The van der Waals surface area contributed by atoms with Crippen LogP contribution in [0, 0.1) is 11.6 Å². The molecule has 6 aromatic rings. The fourth-order valence-electron chi connectivity index (χ4n) is 4.85. The Labute approximate surface area is 241 Å². The maximum Gasteiger partial charge on any atom is 0.282 e. The van der Waals surface area contributed by atoms with Crippen molar-refractivity contribution in [3.05, 3.63) is 112 Å². The van der Waals surface area contributed by atoms with Gasteiger partial charge in [-0.25, -0.2) is 26.9 Å². The van der Waals surface area contributed by atoms with Gasteiger partial charge in [0.1, 0.15) is 23.1 Å². The van der Waals surface area contributed by atoms with Crippen molar-refractivity contribution < 1.29 is 26.7 Å². The number of hydrogen-bond donors (Lipinski definition) is 2. The van der Waals surface area contributed by atoms with E-state index in [1.54, 1.807) is 23.7 Å². The highest BCUT2D eigenvalue weighted by atomic mass is 32.2. The number of nitrogens with zero attached hydrogens (tertiary/aromatic N) is 2. The van der Waals surface area contributed by atoms with E-state index in [4.69, 9.17) is 4.74 Å². The number of aromatic nitrogens is 3. The minimum atomic E-state index is -4.41. The molecule has 0 atom stereocenters. The van der Waals surface area contributed by atoms with Gasteiger partial charge in [0, 0.05) is 28.8 Å². The summed E-state index contributed by atoms with van der Waals surface area (Å²) in [7, 11) is -2.98. The number of fused-ring (bicyclic) bond motifs is 3. The second-order valence-corrected chi connectivity index (χ2v) is 11.8. The highest BCUT2D eigenvalue weighted by molar-refractivity contribution is 7.90. The van der Waals surface area contributed by atoms with E-state index in [1.165, 1.54) is 65.6 Å². The topological polar surface area (TPSA) is 123 Å². The molecular formula is C29H20F2N4O5S2. The van der Waals surface area contributed by atoms with Crippen LogP contribution in [0.1, 0.15) is 16.1 Å². The van der Waals surface area contributed by atoms with Crippen LogP contribution < -0.4 is 15.0 Å². The molecule has 0 spiro atoms. The molecule has 3 aromatic heterocycles. The first-order valence-corrected chi connectivity index (χ1v) is 14.8. The Balaban J connectivity index is 1.63. The summed E-state index contributed by atoms with van der Waals surface area (Å²) in [6.07, 6.45) is 1.42. The van der Waals surface area contributed by atoms with Crippen molar-refractivity contribution in [1.82, 2.24) is 19.3 Å². The lowest BCUT2D eigenvalue weighted by molar-refractivity contribution is 0.0974. The molecule has 0 aliphatic heterocycles. The molecule has 1 amide bonds. The van der Waals surface area contributed by atoms with E-state index in [2.05, 4.69) is 14.7 Å². The molecule has 0 aliphatic carbocycles. The molecule has 0 saturated heterocycles. The number of nitrogens with one attached hydrogen (secondary N) is 2. The molecule has 0 aliphatic rings. The number of benzene rings is 3. The lowest BCUT2D eigenvalue weighted by Crippen LogP contribution is -2.33. The molecule has 13 heteroatoms. The number of aromatic amines is 1. The van der Waals surface area contributed by atoms with Crippen molar-refractivity contribution in [3.63, 3.8) is 0 Å². The Hall–Kier alpha value is -4.88. The summed E-state index contributed by atoms with van der Waals surface area (Å²) in [4.78, 5) is 34.0. The van der Waals surface area contributed by atoms with Crippen molar-refractivity contribution in [1.29, 1.82) is 0 Å². The van der Waals surface area contributed by atoms with Crippen LogP contribution in [-0.2, 0) is 16.6 Å². The van der Waals surface area contributed by atoms with Gasteiger partial charge in [-0.1, -0.05) is 6.07 Å². The maximum absolute atomic E-state index is 14.9. The van der Waals surface area contributed by atoms with Crippen molar-refractivity contribution in [3.8, 4) is 16.9 Å². The maximum atomic E-state index is 14.9. The fourth-order valence-corrected chi connectivity index (χ4v) is 6.49. The molecule has 212 valence electrons. The average molecular weight is 607 g/mol. The third kappa shape index (κ3) is 4.72. The first kappa shape index (κ1) is 27.3. The Morgan fingerprint density at radius 1 is 1.10 bits per heavy atom. The van der Waals surface area contributed by atoms with Gasteiger partial charge in [0.2, 0.25) is 0 Å². The smallest absolute Gasteiger partial charge is 0.282 e. The summed E-state index contributed by atoms with van der Waals surface area (Å²) >= 11 is 1.34. The number of sulfonamides is 1. The summed E-state index contributed by atoms with van der Waals surface area (Å²) in [5.41, 5.74) is 1.94. The van der Waals surface area contributed by atoms with Crippen molar-refractivity contribution in [2.75, 3.05) is 7.11 Å². The van der Waals surface area contributed by atoms with Gasteiger partial charge in [0.15, 0.2) is 0 Å². The van der Waals surface area contributed by atoms with Crippen LogP contribution in [0.15, 0.2) is 88.1 Å². The van der Waals surface area contributed by atoms with E-state index in [1.807, 2.05) is 0 Å². The minimum Gasteiger partial charge on any atom is -0.497 e. The highest BCUT2D eigenvalue weighted by Crippen LogP contribution is 2.39. The zero-order chi connectivity index (χ0) is 29.6. The summed E-state index contributed by atoms with van der Waals surface area (Å²) in [5, 5.41) is 0.403. The predicted molar refractivity (Wildman–Crippen MR) is 154 cm³/mol. The summed E-state index contributed by atoms with van der Waals surface area (Å²) < 4.78 is 64.6. The van der Waals surface area contributed by atoms with Crippen molar-refractivity contribution in [2.24, 2.45) is 0 Å². The molecular weight excluding hydrogens is 586 g/mol. The molecule has 2 N–H and O–H groups in total. The van der Waals surface area contributed by atoms with Crippen molar-refractivity contribution in [2.45, 2.75) is 11.4 Å². The fraction of sp³-hybridized carbons (Fsp3) is 0.0690. The second-order valence-electron chi connectivity index (χ2n) is 9.23. The SMILES string of the molecule is COc1ccc(S(=O)(=O)NC(=O)c2c(-c3ccc[nH]c3=O)c3c4ncsc4ccc3n2Cc2ccc(F)cc2F)cc1. The Bertz CT molecular complexity index is 2170. The van der Waals surface area contributed by atoms with Crippen LogP contribution >= 0.6 is 11.3 Å². The second kappa shape index (κ2) is 10.5. The number of amides is 1. The standard InChI is InChI=1S/C29H20F2N4O5S2/c1-40-18-6-8-19(9-7-18)42(38,39)34-29(37)27-24(20-3-2-12-32-28(20)36)25-22(10-11-23-26(25)33-15-41-23)35(27)14-16-4-5-17(30)13-21(16)31/h2-13,15H,14H2,1H3,(H,32,36)(H,34,37). The van der Waals surface area contributed by atoms with E-state index in [0.717, 1.165) is 16.8 Å². The van der Waals surface area contributed by atoms with Crippen molar-refractivity contribution >= 4 is 48.4 Å². The van der Waals surface area contributed by atoms with Gasteiger partial charge in [0.25, 0.3) is 21.5 Å². The number of ether oxygens (including phenoxy) is 1. The van der Waals surface area contributed by atoms with E-state index in [9.17, 15) is 26.8 Å². The Kier molecular flexibility index (Phi) is 6.83. The van der Waals surface area contributed by atoms with Crippen LogP contribution in [0.4, 0.5) is 8.78 Å². The molecule has 0 bridgehead atoms. The monoisotopic (exact) mass is 606 g/mol. The summed E-state index contributed by atoms with van der Waals surface area (Å²) in [6, 6.07) is 15.0. The normalized spacial score (nSPS) is 11.7. The van der Waals surface area contributed by atoms with Crippen LogP contribution in [0.25, 0.3) is 32.2 Å². The number of carbonyl (C=O) groups is 1. The number of thiazole rings is 1. The first-order chi connectivity index (χ1) is 20.2.